The van der Waals surface area contributed by atoms with Crippen LogP contribution in [-0.4, -0.2) is 75.0 Å². The third kappa shape index (κ3) is 3.01. The highest BCUT2D eigenvalue weighted by Gasteiger charge is 2.69. The summed E-state index contributed by atoms with van der Waals surface area (Å²) < 4.78 is 51.4. The fourth-order valence-corrected chi connectivity index (χ4v) is 8.48. The molecule has 3 heterocycles. The first kappa shape index (κ1) is 24.6. The molecule has 7 rings (SSSR count). The molecule has 9 heteroatoms. The smallest absolute Gasteiger partial charge is 0.388 e. The Bertz CT molecular complexity index is 1440. The minimum Gasteiger partial charge on any atom is -0.388 e. The number of hydrogen-bond acceptors (Lipinski definition) is 5. The largest absolute Gasteiger partial charge is 0.413 e. The van der Waals surface area contributed by atoms with Crippen LogP contribution >= 0.6 is 0 Å². The molecule has 3 aliphatic carbocycles. The van der Waals surface area contributed by atoms with E-state index in [0.29, 0.717) is 31.3 Å². The highest BCUT2D eigenvalue weighted by molar-refractivity contribution is 5.85. The van der Waals surface area contributed by atoms with Gasteiger partial charge < -0.3 is 19.8 Å². The first-order valence-electron chi connectivity index (χ1n) is 13.3. The van der Waals surface area contributed by atoms with Crippen molar-refractivity contribution in [3.05, 3.63) is 58.8 Å². The van der Waals surface area contributed by atoms with E-state index in [4.69, 9.17) is 4.74 Å². The number of hydrogen-bond donors (Lipinski definition) is 3. The maximum Gasteiger partial charge on any atom is 0.413 e. The summed E-state index contributed by atoms with van der Waals surface area (Å²) in [6.45, 7) is 1.96. The SMILES string of the molecule is CN(C)[C@H]1C[C@@]23CC[C@@]4(O2)C(=C(C(F)(F)F)C[C@]2(C)C(c5ccc6cn[nH]c6c5)=CCC24)C=C3[C@@H](O)[C@@H]1O. The molecule has 1 saturated carbocycles. The highest BCUT2D eigenvalue weighted by atomic mass is 19.4. The van der Waals surface area contributed by atoms with Gasteiger partial charge in [-0.3, -0.25) is 5.10 Å². The maximum absolute atomic E-state index is 14.8. The molecule has 6 nitrogen and oxygen atoms in total. The van der Waals surface area contributed by atoms with E-state index in [-0.39, 0.29) is 24.0 Å². The van der Waals surface area contributed by atoms with Crippen molar-refractivity contribution in [3.8, 4) is 0 Å². The Morgan fingerprint density at radius 2 is 1.97 bits per heavy atom. The van der Waals surface area contributed by atoms with Gasteiger partial charge in [-0.15, -0.1) is 0 Å². The van der Waals surface area contributed by atoms with Crippen LogP contribution in [0.1, 0.15) is 44.6 Å². The van der Waals surface area contributed by atoms with E-state index >= 15 is 0 Å². The Morgan fingerprint density at radius 3 is 2.71 bits per heavy atom. The first-order chi connectivity index (χ1) is 17.9. The number of likely N-dealkylation sites (N-methyl/N-ethyl adjacent to an activating group) is 1. The number of aliphatic hydroxyl groups is 2. The fraction of sp³-hybridized carbons (Fsp3) is 0.552. The van der Waals surface area contributed by atoms with Gasteiger partial charge in [0.05, 0.1) is 29.0 Å². The number of nitrogens with zero attached hydrogens (tertiary/aromatic N) is 2. The van der Waals surface area contributed by atoms with Crippen molar-refractivity contribution in [2.75, 3.05) is 14.1 Å². The molecular formula is C29H32F3N3O3. The highest BCUT2D eigenvalue weighted by Crippen LogP contribution is 2.70. The number of aromatic nitrogens is 2. The molecule has 2 spiro atoms. The summed E-state index contributed by atoms with van der Waals surface area (Å²) in [7, 11) is 3.68. The van der Waals surface area contributed by atoms with Gasteiger partial charge >= 0.3 is 6.18 Å². The average molecular weight is 528 g/mol. The zero-order valence-corrected chi connectivity index (χ0v) is 21.6. The molecule has 0 amide bonds. The predicted molar refractivity (Wildman–Crippen MR) is 136 cm³/mol. The number of fused-ring (bicyclic) bond motifs is 2. The number of allylic oxidation sites excluding steroid dienone is 3. The molecule has 7 atom stereocenters. The summed E-state index contributed by atoms with van der Waals surface area (Å²) in [6, 6.07) is 5.53. The lowest BCUT2D eigenvalue weighted by Gasteiger charge is -2.57. The molecule has 1 aromatic carbocycles. The Labute approximate surface area is 218 Å². The number of halogens is 3. The average Bonchev–Trinajstić information content (AvgIpc) is 3.54. The molecular weight excluding hydrogens is 495 g/mol. The second-order valence-corrected chi connectivity index (χ2v) is 12.3. The monoisotopic (exact) mass is 527 g/mol. The normalized spacial score (nSPS) is 40.2. The second-order valence-electron chi connectivity index (χ2n) is 12.3. The lowest BCUT2D eigenvalue weighted by atomic mass is 9.56. The van der Waals surface area contributed by atoms with Gasteiger partial charge in [-0.1, -0.05) is 31.2 Å². The van der Waals surface area contributed by atoms with Crippen molar-refractivity contribution >= 4 is 16.5 Å². The summed E-state index contributed by atoms with van der Waals surface area (Å²) in [4.78, 5) is 1.87. The molecule has 1 saturated heterocycles. The van der Waals surface area contributed by atoms with Crippen molar-refractivity contribution in [2.45, 2.75) is 74.7 Å². The third-order valence-corrected chi connectivity index (χ3v) is 10.3. The molecule has 1 unspecified atom stereocenters. The molecule has 0 radical (unpaired) electrons. The van der Waals surface area contributed by atoms with E-state index in [0.717, 1.165) is 22.0 Å². The van der Waals surface area contributed by atoms with Gasteiger partial charge in [-0.2, -0.15) is 18.3 Å². The Morgan fingerprint density at radius 1 is 1.18 bits per heavy atom. The quantitative estimate of drug-likeness (QED) is 0.535. The van der Waals surface area contributed by atoms with Crippen LogP contribution in [-0.2, 0) is 4.74 Å². The molecule has 2 aliphatic heterocycles. The van der Waals surface area contributed by atoms with E-state index in [9.17, 15) is 23.4 Å². The number of aliphatic hydroxyl groups excluding tert-OH is 2. The zero-order valence-electron chi connectivity index (χ0n) is 21.6. The van der Waals surface area contributed by atoms with Crippen LogP contribution in [0.2, 0.25) is 0 Å². The van der Waals surface area contributed by atoms with E-state index in [1.807, 2.05) is 44.1 Å². The van der Waals surface area contributed by atoms with Crippen molar-refractivity contribution in [1.82, 2.24) is 15.1 Å². The van der Waals surface area contributed by atoms with Crippen LogP contribution < -0.4 is 0 Å². The topological polar surface area (TPSA) is 81.6 Å². The summed E-state index contributed by atoms with van der Waals surface area (Å²) in [6.07, 6.45) is 0.322. The lowest BCUT2D eigenvalue weighted by molar-refractivity contribution is -0.170. The summed E-state index contributed by atoms with van der Waals surface area (Å²) in [5.41, 5.74) is -0.132. The molecule has 38 heavy (non-hydrogen) atoms. The summed E-state index contributed by atoms with van der Waals surface area (Å²) in [5.74, 6) is -0.178. The standard InChI is InChI=1S/C29H32F3N3O3/c1-26-12-20(29(30,31)32)18-11-19-24(36)25(37)22(35(2)3)13-27(19)8-9-28(18,38-27)23(26)7-6-17(26)15-4-5-16-14-33-34-21(16)10-15/h4-6,10-11,14,22-25,36-37H,7-9,12-13H2,1-3H3,(H,33,34)/t22-,23?,24+,25+,26+,27+,28+/m0/s1. The summed E-state index contributed by atoms with van der Waals surface area (Å²) in [5, 5.41) is 30.0. The Balaban J connectivity index is 1.40. The second kappa shape index (κ2) is 7.59. The van der Waals surface area contributed by atoms with Gasteiger partial charge in [0.15, 0.2) is 0 Å². The van der Waals surface area contributed by atoms with E-state index in [2.05, 4.69) is 16.3 Å². The van der Waals surface area contributed by atoms with Crippen LogP contribution in [0.4, 0.5) is 13.2 Å². The van der Waals surface area contributed by atoms with Crippen LogP contribution in [0, 0.1) is 11.3 Å². The van der Waals surface area contributed by atoms with E-state index in [1.54, 1.807) is 12.3 Å². The fourth-order valence-electron chi connectivity index (χ4n) is 8.48. The number of benzene rings is 1. The maximum atomic E-state index is 14.8. The van der Waals surface area contributed by atoms with Crippen LogP contribution in [0.5, 0.6) is 0 Å². The van der Waals surface area contributed by atoms with Crippen LogP contribution in [0.15, 0.2) is 53.3 Å². The van der Waals surface area contributed by atoms with Gasteiger partial charge in [0.2, 0.25) is 0 Å². The molecule has 1 aromatic heterocycles. The molecule has 5 aliphatic rings. The minimum atomic E-state index is -4.55. The number of nitrogens with one attached hydrogen (secondary N) is 1. The van der Waals surface area contributed by atoms with E-state index < -0.39 is 40.6 Å². The van der Waals surface area contributed by atoms with Gasteiger partial charge in [-0.05, 0) is 74.5 Å². The number of alkyl halides is 3. The number of rotatable bonds is 2. The van der Waals surface area contributed by atoms with E-state index in [1.165, 1.54) is 0 Å². The molecule has 3 N–H and O–H groups in total. The first-order valence-corrected chi connectivity index (χ1v) is 13.3. The van der Waals surface area contributed by atoms with Crippen molar-refractivity contribution < 1.29 is 28.1 Å². The van der Waals surface area contributed by atoms with Crippen LogP contribution in [0.25, 0.3) is 16.5 Å². The third-order valence-electron chi connectivity index (χ3n) is 10.3. The number of ether oxygens (including phenoxy) is 1. The van der Waals surface area contributed by atoms with Gasteiger partial charge in [0.25, 0.3) is 0 Å². The molecule has 2 aromatic rings. The number of aromatic amines is 1. The van der Waals surface area contributed by atoms with Gasteiger partial charge in [0.1, 0.15) is 6.10 Å². The van der Waals surface area contributed by atoms with Gasteiger partial charge in [0, 0.05) is 28.3 Å². The molecule has 2 fully saturated rings. The van der Waals surface area contributed by atoms with Gasteiger partial charge in [-0.25, -0.2) is 0 Å². The predicted octanol–water partition coefficient (Wildman–Crippen LogP) is 4.52. The van der Waals surface area contributed by atoms with Crippen molar-refractivity contribution in [1.29, 1.82) is 0 Å². The summed E-state index contributed by atoms with van der Waals surface area (Å²) >= 11 is 0. The van der Waals surface area contributed by atoms with Crippen molar-refractivity contribution in [2.24, 2.45) is 11.3 Å². The Hall–Kier alpha value is -2.46. The molecule has 202 valence electrons. The Kier molecular flexibility index (Phi) is 4.91. The minimum absolute atomic E-state index is 0.156. The number of H-pyrrole nitrogens is 1. The van der Waals surface area contributed by atoms with Crippen molar-refractivity contribution in [3.63, 3.8) is 0 Å². The van der Waals surface area contributed by atoms with Crippen LogP contribution in [0.3, 0.4) is 0 Å². The zero-order chi connectivity index (χ0) is 26.8. The lowest BCUT2D eigenvalue weighted by Crippen LogP contribution is -2.62. The molecule has 2 bridgehead atoms.